The van der Waals surface area contributed by atoms with Crippen molar-refractivity contribution in [3.63, 3.8) is 0 Å². The Labute approximate surface area is 340 Å². The van der Waals surface area contributed by atoms with E-state index >= 15 is 0 Å². The molecule has 0 fully saturated rings. The number of anilines is 1. The maximum Gasteiger partial charge on any atom is 0.305 e. The van der Waals surface area contributed by atoms with Gasteiger partial charge in [-0.3, -0.25) is 9.59 Å². The van der Waals surface area contributed by atoms with Gasteiger partial charge in [0.15, 0.2) is 12.3 Å². The Morgan fingerprint density at radius 3 is 2.26 bits per heavy atom. The molecule has 1 atom stereocenters. The monoisotopic (exact) mass is 766 g/mol. The van der Waals surface area contributed by atoms with Crippen molar-refractivity contribution in [1.29, 1.82) is 5.26 Å². The van der Waals surface area contributed by atoms with Gasteiger partial charge in [-0.15, -0.1) is 0 Å². The number of hydrogen-bond donors (Lipinski definition) is 1. The zero-order chi connectivity index (χ0) is 40.4. The van der Waals surface area contributed by atoms with Crippen LogP contribution in [0.25, 0.3) is 21.5 Å². The SMILES string of the molecule is CC1(C)C(C=CC2=C(C#N)C(=CC=C3N(CCC(=O)O)c4ccc5ccccc5c4C3(C)Cc3ccccc3)CCC2)=[N+](CCOC=O)c2ccc3ccccc3c21. The van der Waals surface area contributed by atoms with Crippen LogP contribution in [0.3, 0.4) is 0 Å². The van der Waals surface area contributed by atoms with Crippen LogP contribution in [0.2, 0.25) is 0 Å². The van der Waals surface area contributed by atoms with Crippen molar-refractivity contribution in [3.8, 4) is 6.07 Å². The topological polar surface area (TPSA) is 93.6 Å². The van der Waals surface area contributed by atoms with Crippen LogP contribution in [-0.4, -0.2) is 47.5 Å². The van der Waals surface area contributed by atoms with E-state index in [4.69, 9.17) is 4.74 Å². The molecule has 5 aromatic rings. The normalized spacial score (nSPS) is 20.0. The first-order valence-electron chi connectivity index (χ1n) is 20.2. The van der Waals surface area contributed by atoms with Crippen LogP contribution >= 0.6 is 0 Å². The molecule has 1 aliphatic carbocycles. The third-order valence-corrected chi connectivity index (χ3v) is 12.3. The summed E-state index contributed by atoms with van der Waals surface area (Å²) in [5, 5.41) is 25.3. The summed E-state index contributed by atoms with van der Waals surface area (Å²) in [5.41, 5.74) is 9.65. The van der Waals surface area contributed by atoms with Gasteiger partial charge in [0.1, 0.15) is 6.61 Å². The molecule has 3 aliphatic rings. The molecule has 8 rings (SSSR count). The molecule has 7 nitrogen and oxygen atoms in total. The van der Waals surface area contributed by atoms with E-state index in [9.17, 15) is 20.0 Å². The maximum absolute atomic E-state index is 12.0. The minimum Gasteiger partial charge on any atom is -0.481 e. The number of carboxylic acids is 1. The number of rotatable bonds is 12. The highest BCUT2D eigenvalue weighted by Gasteiger charge is 2.46. The van der Waals surface area contributed by atoms with Gasteiger partial charge in [-0.2, -0.15) is 9.84 Å². The lowest BCUT2D eigenvalue weighted by molar-refractivity contribution is -0.440. The minimum atomic E-state index is -0.843. The number of allylic oxidation sites excluding steroid dienone is 8. The van der Waals surface area contributed by atoms with Crippen molar-refractivity contribution in [2.24, 2.45) is 0 Å². The number of aliphatic carboxylic acids is 1. The second kappa shape index (κ2) is 15.8. The number of nitrogens with zero attached hydrogens (tertiary/aromatic N) is 3. The lowest BCUT2D eigenvalue weighted by atomic mass is 9.74. The molecule has 0 saturated carbocycles. The van der Waals surface area contributed by atoms with E-state index in [1.165, 1.54) is 27.5 Å². The van der Waals surface area contributed by atoms with Crippen LogP contribution < -0.4 is 4.90 Å². The van der Waals surface area contributed by atoms with E-state index < -0.39 is 11.4 Å². The Morgan fingerprint density at radius 2 is 1.55 bits per heavy atom. The van der Waals surface area contributed by atoms with Crippen molar-refractivity contribution >= 4 is 51.1 Å². The van der Waals surface area contributed by atoms with Crippen LogP contribution in [0.5, 0.6) is 0 Å². The van der Waals surface area contributed by atoms with Gasteiger partial charge >= 0.3 is 5.97 Å². The van der Waals surface area contributed by atoms with Gasteiger partial charge in [0, 0.05) is 41.1 Å². The summed E-state index contributed by atoms with van der Waals surface area (Å²) < 4.78 is 7.44. The van der Waals surface area contributed by atoms with E-state index in [2.05, 4.69) is 158 Å². The Hall–Kier alpha value is -6.52. The number of nitriles is 1. The third kappa shape index (κ3) is 6.83. The van der Waals surface area contributed by atoms with Crippen molar-refractivity contribution in [3.05, 3.63) is 167 Å². The molecule has 5 aromatic carbocycles. The number of benzene rings is 5. The van der Waals surface area contributed by atoms with Crippen molar-refractivity contribution in [2.45, 2.75) is 63.7 Å². The first kappa shape index (κ1) is 38.4. The molecule has 58 heavy (non-hydrogen) atoms. The highest BCUT2D eigenvalue weighted by Crippen LogP contribution is 2.53. The summed E-state index contributed by atoms with van der Waals surface area (Å²) in [5.74, 6) is -0.843. The zero-order valence-electron chi connectivity index (χ0n) is 33.4. The molecule has 0 amide bonds. The Balaban J connectivity index is 1.23. The van der Waals surface area contributed by atoms with Gasteiger partial charge in [0.25, 0.3) is 6.47 Å². The average molecular weight is 767 g/mol. The number of carbonyl (C=O) groups is 2. The summed E-state index contributed by atoms with van der Waals surface area (Å²) in [6, 6.07) is 38.5. The molecule has 290 valence electrons. The van der Waals surface area contributed by atoms with Crippen LogP contribution in [0, 0.1) is 11.3 Å². The van der Waals surface area contributed by atoms with E-state index in [1.54, 1.807) is 0 Å². The van der Waals surface area contributed by atoms with E-state index in [-0.39, 0.29) is 18.4 Å². The first-order chi connectivity index (χ1) is 28.2. The fraction of sp³-hybridized carbons (Fsp3) is 0.255. The summed E-state index contributed by atoms with van der Waals surface area (Å²) in [4.78, 5) is 25.4. The Morgan fingerprint density at radius 1 is 0.862 bits per heavy atom. The number of carboxylic acid groups (broad SMARTS) is 1. The number of fused-ring (bicyclic) bond motifs is 6. The Bertz CT molecular complexity index is 2660. The summed E-state index contributed by atoms with van der Waals surface area (Å²) >= 11 is 0. The molecule has 0 saturated heterocycles. The van der Waals surface area contributed by atoms with Gasteiger partial charge in [-0.05, 0) is 108 Å². The van der Waals surface area contributed by atoms with Gasteiger partial charge in [0.2, 0.25) is 5.69 Å². The molecule has 0 radical (unpaired) electrons. The number of carbonyl (C=O) groups excluding carboxylic acids is 1. The Kier molecular flexibility index (Phi) is 10.4. The summed E-state index contributed by atoms with van der Waals surface area (Å²) in [6.07, 6.45) is 11.7. The van der Waals surface area contributed by atoms with Crippen LogP contribution in [0.4, 0.5) is 11.4 Å². The second-order valence-electron chi connectivity index (χ2n) is 16.2. The fourth-order valence-electron chi connectivity index (χ4n) is 9.76. The quantitative estimate of drug-likeness (QED) is 0.0772. The highest BCUT2D eigenvalue weighted by atomic mass is 16.5. The molecule has 0 aromatic heterocycles. The number of ether oxygens (including phenoxy) is 1. The van der Waals surface area contributed by atoms with Crippen molar-refractivity contribution in [1.82, 2.24) is 0 Å². The average Bonchev–Trinajstić information content (AvgIpc) is 3.60. The predicted molar refractivity (Wildman–Crippen MR) is 232 cm³/mol. The molecule has 2 heterocycles. The first-order valence-corrected chi connectivity index (χ1v) is 20.2. The molecular weight excluding hydrogens is 719 g/mol. The molecular formula is C51H48N3O4+. The van der Waals surface area contributed by atoms with Crippen LogP contribution in [0.1, 0.15) is 63.1 Å². The maximum atomic E-state index is 12.0. The van der Waals surface area contributed by atoms with Gasteiger partial charge in [-0.1, -0.05) is 97.1 Å². The van der Waals surface area contributed by atoms with E-state index in [1.807, 2.05) is 6.07 Å². The van der Waals surface area contributed by atoms with Crippen LogP contribution in [0.15, 0.2) is 150 Å². The fourth-order valence-corrected chi connectivity index (χ4v) is 9.76. The number of hydrogen-bond acceptors (Lipinski definition) is 5. The molecule has 0 spiro atoms. The largest absolute Gasteiger partial charge is 0.481 e. The zero-order valence-corrected chi connectivity index (χ0v) is 33.4. The van der Waals surface area contributed by atoms with Gasteiger partial charge in [-0.25, -0.2) is 0 Å². The molecule has 0 bridgehead atoms. The molecule has 1 unspecified atom stereocenters. The van der Waals surface area contributed by atoms with Crippen LogP contribution in [-0.2, 0) is 31.6 Å². The second-order valence-corrected chi connectivity index (χ2v) is 16.2. The van der Waals surface area contributed by atoms with Gasteiger partial charge in [0.05, 0.1) is 23.5 Å². The van der Waals surface area contributed by atoms with Crippen molar-refractivity contribution in [2.75, 3.05) is 24.6 Å². The lowest BCUT2D eigenvalue weighted by Gasteiger charge is -2.31. The summed E-state index contributed by atoms with van der Waals surface area (Å²) in [6.45, 7) is 8.34. The summed E-state index contributed by atoms with van der Waals surface area (Å²) in [7, 11) is 0. The third-order valence-electron chi connectivity index (χ3n) is 12.3. The molecule has 2 aliphatic heterocycles. The predicted octanol–water partition coefficient (Wildman–Crippen LogP) is 10.4. The van der Waals surface area contributed by atoms with E-state index in [0.717, 1.165) is 70.4 Å². The molecule has 7 heteroatoms. The molecule has 1 N–H and O–H groups in total. The van der Waals surface area contributed by atoms with Crippen molar-refractivity contribution < 1.29 is 24.0 Å². The smallest absolute Gasteiger partial charge is 0.305 e. The van der Waals surface area contributed by atoms with E-state index in [0.29, 0.717) is 25.1 Å². The highest BCUT2D eigenvalue weighted by molar-refractivity contribution is 6.08. The standard InChI is InChI=1S/C51H47N3O4/c1-50(2)45(54(30-31-58-34-55)43-24-20-36-14-7-9-18-40(36)48(43)50)26-22-38-16-11-17-39(42(38)33-52)23-27-46-51(3,32-35-12-5-4-6-13-35)49-41-19-10-8-15-37(41)21-25-44(49)53(46)29-28-47(56)57/h4-10,12-15,18-27,34H,11,16-17,28-32H2,1-3H3/p+1. The lowest BCUT2D eigenvalue weighted by Crippen LogP contribution is -2.32. The minimum absolute atomic E-state index is 0.00693. The van der Waals surface area contributed by atoms with Gasteiger partial charge < -0.3 is 14.7 Å².